The van der Waals surface area contributed by atoms with Crippen LogP contribution >= 0.6 is 0 Å². The number of rotatable bonds is 16. The molecule has 2 N–H and O–H groups in total. The third-order valence-electron chi connectivity index (χ3n) is 18.9. The second-order valence-corrected chi connectivity index (χ2v) is 26.4. The number of aromatic nitrogens is 2. The number of carboxylic acids is 1. The predicted molar refractivity (Wildman–Crippen MR) is 348 cm³/mol. The van der Waals surface area contributed by atoms with E-state index in [4.69, 9.17) is 18.9 Å². The molecule has 2 aliphatic carbocycles. The number of carboxylic acid groups (broad SMARTS) is 1. The number of halogens is 2. The van der Waals surface area contributed by atoms with Crippen LogP contribution in [0.5, 0.6) is 11.5 Å². The third kappa shape index (κ3) is 17.1. The number of piperidine rings is 2. The Bertz CT molecular complexity index is 3630. The molecule has 4 aromatic carbocycles. The number of carbonyl (C=O) groups excluding carboxylic acids is 3. The number of benzene rings is 4. The van der Waals surface area contributed by atoms with E-state index in [2.05, 4.69) is 51.0 Å². The molecule has 13 rings (SSSR count). The number of likely N-dealkylation sites (tertiary alicyclic amines) is 2. The molecule has 0 radical (unpaired) electrons. The van der Waals surface area contributed by atoms with Gasteiger partial charge in [0.1, 0.15) is 23.1 Å². The van der Waals surface area contributed by atoms with Crippen molar-refractivity contribution >= 4 is 23.8 Å². The van der Waals surface area contributed by atoms with Crippen molar-refractivity contribution in [3.63, 3.8) is 0 Å². The standard InChI is InChI=1S/C35H40FN3O4.C34H38FN3O4.C5H10O.Na.H2O/c1-21(2)43-33-19-30(24-7-9-26(36)10-8-24)29(23-5-6-23)17-25(33)20-38-14-11-27(12-15-38)39-16-13-32-31(34(39)40)18-28(22(3)37-32)35(41)42-4;1-20(2)42-32-18-29(23-6-8-25(35)9-7-23)28(22-4-5-22)16-24(32)19-37-13-10-26(11-14-37)38-15-12-31-30(33(38)39)17-27(34(40)41)21(3)36-31;1-5-3-2-4-6-5;;/h7-10,17-19,21,23,27H,5-6,11-16,20H2,1-4H3;6-9,16-18,20,22,26H,4-5,10-15,19H2,1-3H3,(H,40,41);5H,2-4H2,1H3;;1H2/q;;;+1;/p-1. The summed E-state index contributed by atoms with van der Waals surface area (Å²) in [5.41, 5.74) is 13.1. The number of methoxy groups -OCH3 is 1. The summed E-state index contributed by atoms with van der Waals surface area (Å²) >= 11 is 0. The molecule has 3 saturated heterocycles. The molecule has 2 aromatic heterocycles. The molecule has 5 aliphatic heterocycles. The Balaban J connectivity index is 0.000000197. The minimum Gasteiger partial charge on any atom is -0.870 e. The molecule has 7 heterocycles. The van der Waals surface area contributed by atoms with Gasteiger partial charge in [-0.1, -0.05) is 24.3 Å². The first-order valence-electron chi connectivity index (χ1n) is 33.0. The maximum absolute atomic E-state index is 13.7. The first-order valence-corrected chi connectivity index (χ1v) is 33.0. The topological polar surface area (TPSA) is 194 Å². The molecule has 19 heteroatoms. The first-order chi connectivity index (χ1) is 43.8. The molecular formula is C74H89F2N6NaO10. The summed E-state index contributed by atoms with van der Waals surface area (Å²) in [5, 5.41) is 9.53. The van der Waals surface area contributed by atoms with Crippen LogP contribution in [0, 0.1) is 25.5 Å². The normalized spacial score (nSPS) is 18.5. The molecule has 5 fully saturated rings. The molecule has 1 unspecified atom stereocenters. The van der Waals surface area contributed by atoms with Gasteiger partial charge in [-0.05, 0) is 219 Å². The largest absolute Gasteiger partial charge is 1.00 e. The number of ether oxygens (including phenoxy) is 4. The van der Waals surface area contributed by atoms with Gasteiger partial charge in [-0.15, -0.1) is 0 Å². The van der Waals surface area contributed by atoms with Gasteiger partial charge in [0.25, 0.3) is 11.8 Å². The minimum absolute atomic E-state index is 0. The van der Waals surface area contributed by atoms with Crippen LogP contribution in [0.1, 0.15) is 197 Å². The third-order valence-corrected chi connectivity index (χ3v) is 18.9. The van der Waals surface area contributed by atoms with Crippen LogP contribution in [0.2, 0.25) is 0 Å². The fourth-order valence-electron chi connectivity index (χ4n) is 13.7. The van der Waals surface area contributed by atoms with E-state index in [0.717, 1.165) is 111 Å². The van der Waals surface area contributed by atoms with Crippen molar-refractivity contribution in [2.45, 2.75) is 181 Å². The van der Waals surface area contributed by atoms with Gasteiger partial charge >= 0.3 is 41.5 Å². The van der Waals surface area contributed by atoms with Crippen LogP contribution in [0.4, 0.5) is 8.78 Å². The average Bonchev–Trinajstić information content (AvgIpc) is 1.82. The van der Waals surface area contributed by atoms with Gasteiger partial charge in [-0.3, -0.25) is 29.4 Å². The summed E-state index contributed by atoms with van der Waals surface area (Å²) in [6.07, 6.45) is 12.6. The molecule has 0 bridgehead atoms. The van der Waals surface area contributed by atoms with Gasteiger partial charge in [-0.25, -0.2) is 18.4 Å². The number of nitrogens with zero attached hydrogens (tertiary/aromatic N) is 6. The van der Waals surface area contributed by atoms with E-state index in [0.29, 0.717) is 77.6 Å². The Labute approximate surface area is 568 Å². The Hall–Kier alpha value is -6.64. The fraction of sp³-hybridized carbons (Fsp3) is 0.486. The fourth-order valence-corrected chi connectivity index (χ4v) is 13.7. The molecular weight excluding hydrogens is 1190 g/mol. The average molecular weight is 1280 g/mol. The summed E-state index contributed by atoms with van der Waals surface area (Å²) in [6.45, 7) is 21.0. The van der Waals surface area contributed by atoms with E-state index in [1.165, 1.54) is 98.2 Å². The molecule has 7 aliphatic rings. The molecule has 16 nitrogen and oxygen atoms in total. The monoisotopic (exact) mass is 1280 g/mol. The zero-order valence-corrected chi connectivity index (χ0v) is 57.6. The SMILES string of the molecule is CC1CCCO1.COC(=O)c1cc2c(nc1C)CCN(C1CCN(Cc3cc(C4CC4)c(-c4ccc(F)cc4)cc3OC(C)C)CC1)C2=O.Cc1nc2c(cc1C(=O)O)C(=O)N(C1CCN(Cc3cc(C4CC4)c(-c4ccc(F)cc4)cc3OC(C)C)CC1)CC2.[Na+].[OH-]. The van der Waals surface area contributed by atoms with E-state index in [1.54, 1.807) is 19.9 Å². The molecule has 93 heavy (non-hydrogen) atoms. The smallest absolute Gasteiger partial charge is 0.870 e. The van der Waals surface area contributed by atoms with E-state index in [1.807, 2.05) is 61.8 Å². The number of esters is 1. The van der Waals surface area contributed by atoms with Crippen molar-refractivity contribution in [2.75, 3.05) is 53.0 Å². The van der Waals surface area contributed by atoms with Gasteiger partial charge in [-0.2, -0.15) is 0 Å². The van der Waals surface area contributed by atoms with Gasteiger partial charge in [0, 0.05) is 95.0 Å². The number of amides is 2. The number of aromatic carboxylic acids is 1. The van der Waals surface area contributed by atoms with Crippen LogP contribution in [0.25, 0.3) is 22.3 Å². The number of carbonyl (C=O) groups is 4. The summed E-state index contributed by atoms with van der Waals surface area (Å²) in [6, 6.07) is 25.8. The summed E-state index contributed by atoms with van der Waals surface area (Å²) in [7, 11) is 1.34. The van der Waals surface area contributed by atoms with E-state index in [-0.39, 0.29) is 88.3 Å². The summed E-state index contributed by atoms with van der Waals surface area (Å²) in [5.74, 6) is 0.655. The molecule has 1 atom stereocenters. The molecule has 490 valence electrons. The van der Waals surface area contributed by atoms with Crippen molar-refractivity contribution in [3.05, 3.63) is 164 Å². The number of hydrogen-bond donors (Lipinski definition) is 1. The zero-order chi connectivity index (χ0) is 64.2. The Morgan fingerprint density at radius 3 is 1.34 bits per heavy atom. The van der Waals surface area contributed by atoms with Crippen molar-refractivity contribution < 1.29 is 87.0 Å². The van der Waals surface area contributed by atoms with Gasteiger partial charge in [0.15, 0.2) is 0 Å². The number of aryl methyl sites for hydroxylation is 2. The first kappa shape index (κ1) is 70.7. The van der Waals surface area contributed by atoms with Gasteiger partial charge in [0.05, 0.1) is 70.5 Å². The second-order valence-electron chi connectivity index (χ2n) is 26.4. The van der Waals surface area contributed by atoms with Crippen LogP contribution < -0.4 is 39.0 Å². The number of hydrogen-bond acceptors (Lipinski definition) is 13. The van der Waals surface area contributed by atoms with Gasteiger partial charge < -0.3 is 39.3 Å². The maximum Gasteiger partial charge on any atom is 1.00 e. The maximum atomic E-state index is 13.7. The zero-order valence-electron chi connectivity index (χ0n) is 55.6. The van der Waals surface area contributed by atoms with Crippen molar-refractivity contribution in [1.29, 1.82) is 0 Å². The van der Waals surface area contributed by atoms with Crippen molar-refractivity contribution in [3.8, 4) is 33.8 Å². The van der Waals surface area contributed by atoms with Crippen LogP contribution in [0.15, 0.2) is 84.9 Å². The summed E-state index contributed by atoms with van der Waals surface area (Å²) in [4.78, 5) is 68.7. The molecule has 6 aromatic rings. The van der Waals surface area contributed by atoms with Crippen molar-refractivity contribution in [2.24, 2.45) is 0 Å². The Morgan fingerprint density at radius 1 is 0.591 bits per heavy atom. The molecule has 2 amide bonds. The molecule has 2 saturated carbocycles. The summed E-state index contributed by atoms with van der Waals surface area (Å²) < 4.78 is 50.1. The van der Waals surface area contributed by atoms with E-state index >= 15 is 0 Å². The second kappa shape index (κ2) is 31.3. The predicted octanol–water partition coefficient (Wildman–Crippen LogP) is 10.5. The van der Waals surface area contributed by atoms with E-state index < -0.39 is 11.9 Å². The van der Waals surface area contributed by atoms with Crippen LogP contribution in [-0.4, -0.2) is 147 Å². The Kier molecular flexibility index (Phi) is 23.8. The van der Waals surface area contributed by atoms with Crippen LogP contribution in [-0.2, 0) is 35.4 Å². The number of fused-ring (bicyclic) bond motifs is 2. The molecule has 0 spiro atoms. The van der Waals surface area contributed by atoms with Gasteiger partial charge in [0.2, 0.25) is 0 Å². The Morgan fingerprint density at radius 2 is 1.00 bits per heavy atom. The van der Waals surface area contributed by atoms with Crippen molar-refractivity contribution in [1.82, 2.24) is 29.6 Å². The van der Waals surface area contributed by atoms with Crippen LogP contribution in [0.3, 0.4) is 0 Å². The minimum atomic E-state index is -1.06. The number of pyridine rings is 2. The quantitative estimate of drug-likeness (QED) is 0.0710. The van der Waals surface area contributed by atoms with E-state index in [9.17, 15) is 33.1 Å².